The first kappa shape index (κ1) is 19.8. The molecule has 0 atom stereocenters. The maximum atomic E-state index is 12.9. The molecule has 2 fully saturated rings. The Bertz CT molecular complexity index is 730. The van der Waals surface area contributed by atoms with E-state index in [1.165, 1.54) is 5.56 Å². The lowest BCUT2D eigenvalue weighted by Gasteiger charge is -2.39. The SMILES string of the molecule is CC(C)CS(=O)(=O)N1CC2(CCN(Cc3cnn(C)c3)CC2)CC1(C)C. The number of likely N-dealkylation sites (tertiary alicyclic amines) is 1. The van der Waals surface area contributed by atoms with Crippen molar-refractivity contribution in [3.05, 3.63) is 18.0 Å². The fraction of sp³-hybridized carbons (Fsp3) is 0.842. The van der Waals surface area contributed by atoms with Crippen LogP contribution >= 0.6 is 0 Å². The lowest BCUT2D eigenvalue weighted by molar-refractivity contribution is 0.107. The van der Waals surface area contributed by atoms with E-state index in [2.05, 4.69) is 30.0 Å². The minimum Gasteiger partial charge on any atom is -0.299 e. The van der Waals surface area contributed by atoms with E-state index in [1.54, 1.807) is 0 Å². The molecule has 1 aromatic rings. The fourth-order valence-corrected chi connectivity index (χ4v) is 7.21. The maximum absolute atomic E-state index is 12.9. The van der Waals surface area contributed by atoms with Gasteiger partial charge in [-0.3, -0.25) is 9.58 Å². The molecular formula is C19H34N4O2S. The number of hydrogen-bond acceptors (Lipinski definition) is 4. The second-order valence-electron chi connectivity index (χ2n) is 9.47. The summed E-state index contributed by atoms with van der Waals surface area (Å²) in [4.78, 5) is 2.47. The van der Waals surface area contributed by atoms with Gasteiger partial charge in [0.1, 0.15) is 0 Å². The number of rotatable bonds is 5. The zero-order valence-corrected chi connectivity index (χ0v) is 17.7. The average molecular weight is 383 g/mol. The van der Waals surface area contributed by atoms with Crippen molar-refractivity contribution in [3.63, 3.8) is 0 Å². The van der Waals surface area contributed by atoms with Crippen molar-refractivity contribution in [2.75, 3.05) is 25.4 Å². The van der Waals surface area contributed by atoms with Gasteiger partial charge in [-0.15, -0.1) is 0 Å². The van der Waals surface area contributed by atoms with Crippen LogP contribution in [0.5, 0.6) is 0 Å². The van der Waals surface area contributed by atoms with Crippen LogP contribution in [0.3, 0.4) is 0 Å². The predicted octanol–water partition coefficient (Wildman–Crippen LogP) is 2.47. The van der Waals surface area contributed by atoms with Crippen molar-refractivity contribution in [1.29, 1.82) is 0 Å². The first-order chi connectivity index (χ1) is 12.0. The number of sulfonamides is 1. The van der Waals surface area contributed by atoms with Crippen molar-refractivity contribution in [3.8, 4) is 0 Å². The molecule has 3 rings (SSSR count). The van der Waals surface area contributed by atoms with Crippen LogP contribution in [0.1, 0.15) is 52.5 Å². The number of aryl methyl sites for hydroxylation is 1. The van der Waals surface area contributed by atoms with Crippen molar-refractivity contribution in [2.45, 2.75) is 59.0 Å². The van der Waals surface area contributed by atoms with Gasteiger partial charge < -0.3 is 0 Å². The summed E-state index contributed by atoms with van der Waals surface area (Å²) in [5.74, 6) is 0.410. The monoisotopic (exact) mass is 382 g/mol. The third kappa shape index (κ3) is 4.15. The summed E-state index contributed by atoms with van der Waals surface area (Å²) < 4.78 is 29.5. The maximum Gasteiger partial charge on any atom is 0.214 e. The number of hydrogen-bond donors (Lipinski definition) is 0. The minimum atomic E-state index is -3.19. The van der Waals surface area contributed by atoms with Gasteiger partial charge in [-0.2, -0.15) is 9.40 Å². The molecule has 0 amide bonds. The highest BCUT2D eigenvalue weighted by Gasteiger charge is 2.53. The molecule has 0 aromatic carbocycles. The van der Waals surface area contributed by atoms with Gasteiger partial charge in [-0.05, 0) is 57.5 Å². The van der Waals surface area contributed by atoms with Gasteiger partial charge in [0.05, 0.1) is 11.9 Å². The quantitative estimate of drug-likeness (QED) is 0.785. The second kappa shape index (κ2) is 6.91. The molecule has 2 saturated heterocycles. The van der Waals surface area contributed by atoms with Crippen LogP contribution in [0.25, 0.3) is 0 Å². The van der Waals surface area contributed by atoms with Gasteiger partial charge in [-0.25, -0.2) is 8.42 Å². The van der Waals surface area contributed by atoms with Gasteiger partial charge in [-0.1, -0.05) is 13.8 Å². The lowest BCUT2D eigenvalue weighted by atomic mass is 9.74. The van der Waals surface area contributed by atoms with Crippen molar-refractivity contribution < 1.29 is 8.42 Å². The highest BCUT2D eigenvalue weighted by molar-refractivity contribution is 7.89. The van der Waals surface area contributed by atoms with Gasteiger partial charge in [0, 0.05) is 37.4 Å². The van der Waals surface area contributed by atoms with Gasteiger partial charge in [0.2, 0.25) is 10.0 Å². The molecule has 0 unspecified atom stereocenters. The van der Waals surface area contributed by atoms with E-state index in [0.717, 1.165) is 38.9 Å². The van der Waals surface area contributed by atoms with E-state index in [-0.39, 0.29) is 22.6 Å². The van der Waals surface area contributed by atoms with Crippen LogP contribution in [0.2, 0.25) is 0 Å². The Balaban J connectivity index is 1.65. The summed E-state index contributed by atoms with van der Waals surface area (Å²) >= 11 is 0. The Morgan fingerprint density at radius 2 is 1.88 bits per heavy atom. The number of piperidine rings is 1. The molecule has 6 nitrogen and oxygen atoms in total. The zero-order chi connectivity index (χ0) is 19.2. The fourth-order valence-electron chi connectivity index (χ4n) is 4.90. The van der Waals surface area contributed by atoms with Crippen LogP contribution in [0.4, 0.5) is 0 Å². The second-order valence-corrected chi connectivity index (χ2v) is 11.4. The largest absolute Gasteiger partial charge is 0.299 e. The van der Waals surface area contributed by atoms with Crippen molar-refractivity contribution >= 4 is 10.0 Å². The Morgan fingerprint density at radius 1 is 1.23 bits per heavy atom. The molecule has 0 saturated carbocycles. The van der Waals surface area contributed by atoms with Gasteiger partial charge >= 0.3 is 0 Å². The molecular weight excluding hydrogens is 348 g/mol. The Hall–Kier alpha value is -0.920. The molecule has 1 aromatic heterocycles. The van der Waals surface area contributed by atoms with Crippen LogP contribution in [0, 0.1) is 11.3 Å². The summed E-state index contributed by atoms with van der Waals surface area (Å²) in [6.45, 7) is 11.8. The first-order valence-electron chi connectivity index (χ1n) is 9.72. The third-order valence-electron chi connectivity index (χ3n) is 5.92. The molecule has 2 aliphatic heterocycles. The van der Waals surface area contributed by atoms with Gasteiger partial charge in [0.15, 0.2) is 0 Å². The minimum absolute atomic E-state index is 0.138. The topological polar surface area (TPSA) is 58.4 Å². The van der Waals surface area contributed by atoms with Crippen LogP contribution in [-0.2, 0) is 23.6 Å². The summed E-state index contributed by atoms with van der Waals surface area (Å²) in [7, 11) is -1.25. The molecule has 3 heterocycles. The molecule has 0 aliphatic carbocycles. The standard InChI is InChI=1S/C19H34N4O2S/c1-16(2)13-26(24,25)23-15-19(14-18(23,3)4)6-8-22(9-7-19)12-17-10-20-21(5)11-17/h10-11,16H,6-9,12-15H2,1-5H3. The van der Waals surface area contributed by atoms with Crippen LogP contribution in [0.15, 0.2) is 12.4 Å². The highest BCUT2D eigenvalue weighted by Crippen LogP contribution is 2.49. The predicted molar refractivity (Wildman–Crippen MR) is 104 cm³/mol. The van der Waals surface area contributed by atoms with Gasteiger partial charge in [0.25, 0.3) is 0 Å². The highest BCUT2D eigenvalue weighted by atomic mass is 32.2. The van der Waals surface area contributed by atoms with E-state index in [0.29, 0.717) is 6.54 Å². The molecule has 1 spiro atoms. The molecule has 0 bridgehead atoms. The smallest absolute Gasteiger partial charge is 0.214 e. The van der Waals surface area contributed by atoms with E-state index >= 15 is 0 Å². The lowest BCUT2D eigenvalue weighted by Crippen LogP contribution is -2.45. The number of nitrogens with zero attached hydrogens (tertiary/aromatic N) is 4. The number of aromatic nitrogens is 2. The molecule has 2 aliphatic rings. The van der Waals surface area contributed by atoms with Crippen LogP contribution in [-0.4, -0.2) is 58.3 Å². The Labute approximate surface area is 158 Å². The summed E-state index contributed by atoms with van der Waals surface area (Å²) in [5, 5.41) is 4.25. The zero-order valence-electron chi connectivity index (χ0n) is 16.9. The first-order valence-corrected chi connectivity index (χ1v) is 11.3. The molecule has 7 heteroatoms. The normalized spacial score (nSPS) is 23.9. The molecule has 26 heavy (non-hydrogen) atoms. The average Bonchev–Trinajstić information content (AvgIpc) is 3.02. The van der Waals surface area contributed by atoms with E-state index in [9.17, 15) is 8.42 Å². The third-order valence-corrected chi connectivity index (χ3v) is 8.31. The summed E-state index contributed by atoms with van der Waals surface area (Å²) in [6.07, 6.45) is 7.12. The van der Waals surface area contributed by atoms with Crippen molar-refractivity contribution in [1.82, 2.24) is 19.0 Å². The van der Waals surface area contributed by atoms with E-state index < -0.39 is 10.0 Å². The van der Waals surface area contributed by atoms with E-state index in [1.807, 2.05) is 36.1 Å². The summed E-state index contributed by atoms with van der Waals surface area (Å²) in [5.41, 5.74) is 1.11. The molecule has 148 valence electrons. The molecule has 0 radical (unpaired) electrons. The Kier molecular flexibility index (Phi) is 5.27. The Morgan fingerprint density at radius 3 is 2.42 bits per heavy atom. The van der Waals surface area contributed by atoms with E-state index in [4.69, 9.17) is 0 Å². The summed E-state index contributed by atoms with van der Waals surface area (Å²) in [6, 6.07) is 0. The van der Waals surface area contributed by atoms with Crippen molar-refractivity contribution in [2.24, 2.45) is 18.4 Å². The molecule has 0 N–H and O–H groups in total. The van der Waals surface area contributed by atoms with Crippen LogP contribution < -0.4 is 0 Å².